The van der Waals surface area contributed by atoms with Crippen LogP contribution in [0.15, 0.2) is 24.3 Å². The number of esters is 1. The number of hydrogen-bond acceptors (Lipinski definition) is 6. The molecule has 8 heteroatoms. The maximum Gasteiger partial charge on any atom is 0.338 e. The molecule has 132 valence electrons. The maximum absolute atomic E-state index is 12.2. The van der Waals surface area contributed by atoms with E-state index in [2.05, 4.69) is 5.32 Å². The first-order chi connectivity index (χ1) is 11.3. The van der Waals surface area contributed by atoms with E-state index in [1.165, 1.54) is 4.90 Å². The topological polar surface area (TPSA) is 92.8 Å². The van der Waals surface area contributed by atoms with Gasteiger partial charge < -0.3 is 15.0 Å². The summed E-state index contributed by atoms with van der Waals surface area (Å²) in [6, 6.07) is 6.38. The van der Waals surface area contributed by atoms with Gasteiger partial charge in [0.05, 0.1) is 30.2 Å². The molecule has 24 heavy (non-hydrogen) atoms. The molecule has 1 aromatic carbocycles. The molecule has 0 bridgehead atoms. The highest BCUT2D eigenvalue weighted by atomic mass is 32.2. The molecular formula is C16H22N2O5S. The molecule has 1 aliphatic rings. The second-order valence-electron chi connectivity index (χ2n) is 5.71. The molecule has 1 saturated heterocycles. The average molecular weight is 354 g/mol. The number of nitrogens with one attached hydrogen (secondary N) is 1. The molecule has 1 aromatic rings. The Morgan fingerprint density at radius 1 is 1.29 bits per heavy atom. The Hall–Kier alpha value is -2.09. The Morgan fingerprint density at radius 3 is 2.50 bits per heavy atom. The summed E-state index contributed by atoms with van der Waals surface area (Å²) in [4.78, 5) is 25.2. The summed E-state index contributed by atoms with van der Waals surface area (Å²) in [5.41, 5.74) is 1.14. The normalized spacial score (nSPS) is 18.8. The fourth-order valence-corrected chi connectivity index (χ4v) is 4.30. The van der Waals surface area contributed by atoms with Crippen molar-refractivity contribution in [3.8, 4) is 0 Å². The monoisotopic (exact) mass is 354 g/mol. The van der Waals surface area contributed by atoms with Crippen molar-refractivity contribution in [3.63, 3.8) is 0 Å². The van der Waals surface area contributed by atoms with Crippen molar-refractivity contribution in [1.82, 2.24) is 4.90 Å². The Labute approximate surface area is 141 Å². The molecule has 1 amide bonds. The van der Waals surface area contributed by atoms with Crippen molar-refractivity contribution in [2.45, 2.75) is 19.4 Å². The number of sulfone groups is 1. The van der Waals surface area contributed by atoms with Gasteiger partial charge in [-0.25, -0.2) is 13.2 Å². The highest BCUT2D eigenvalue weighted by Gasteiger charge is 2.32. The van der Waals surface area contributed by atoms with Crippen LogP contribution in [0.25, 0.3) is 0 Å². The van der Waals surface area contributed by atoms with Crippen molar-refractivity contribution in [3.05, 3.63) is 29.8 Å². The number of hydrogen-bond donors (Lipinski definition) is 1. The van der Waals surface area contributed by atoms with Crippen LogP contribution in [0.5, 0.6) is 0 Å². The molecule has 1 heterocycles. The molecule has 1 aliphatic heterocycles. The van der Waals surface area contributed by atoms with E-state index in [-0.39, 0.29) is 36.0 Å². The largest absolute Gasteiger partial charge is 0.462 e. The molecule has 0 radical (unpaired) electrons. The third-order valence-corrected chi connectivity index (χ3v) is 5.74. The molecule has 0 saturated carbocycles. The van der Waals surface area contributed by atoms with Gasteiger partial charge in [0, 0.05) is 18.8 Å². The van der Waals surface area contributed by atoms with Crippen molar-refractivity contribution in [2.24, 2.45) is 0 Å². The molecule has 1 fully saturated rings. The molecule has 0 spiro atoms. The van der Waals surface area contributed by atoms with E-state index >= 15 is 0 Å². The number of carbonyl (C=O) groups excluding carboxylic acids is 2. The molecular weight excluding hydrogens is 332 g/mol. The SMILES string of the molecule is CCOC(=O)c1ccc(NCC(=O)N(C)C2CCS(=O)(=O)C2)cc1. The second-order valence-corrected chi connectivity index (χ2v) is 7.94. The van der Waals surface area contributed by atoms with Crippen LogP contribution >= 0.6 is 0 Å². The van der Waals surface area contributed by atoms with Gasteiger partial charge in [-0.2, -0.15) is 0 Å². The smallest absolute Gasteiger partial charge is 0.338 e. The summed E-state index contributed by atoms with van der Waals surface area (Å²) in [6.07, 6.45) is 0.485. The van der Waals surface area contributed by atoms with Crippen LogP contribution in [-0.2, 0) is 19.4 Å². The zero-order chi connectivity index (χ0) is 17.7. The highest BCUT2D eigenvalue weighted by Crippen LogP contribution is 2.17. The predicted molar refractivity (Wildman–Crippen MR) is 90.7 cm³/mol. The summed E-state index contributed by atoms with van der Waals surface area (Å²) in [7, 11) is -1.39. The number of carbonyl (C=O) groups is 2. The lowest BCUT2D eigenvalue weighted by Gasteiger charge is -2.23. The lowest BCUT2D eigenvalue weighted by molar-refractivity contribution is -0.129. The molecule has 1 atom stereocenters. The van der Waals surface area contributed by atoms with E-state index < -0.39 is 9.84 Å². The molecule has 1 unspecified atom stereocenters. The van der Waals surface area contributed by atoms with E-state index in [4.69, 9.17) is 4.74 Å². The van der Waals surface area contributed by atoms with E-state index in [9.17, 15) is 18.0 Å². The number of nitrogens with zero attached hydrogens (tertiary/aromatic N) is 1. The first-order valence-electron chi connectivity index (χ1n) is 7.79. The van der Waals surface area contributed by atoms with Crippen LogP contribution in [0.4, 0.5) is 5.69 Å². The zero-order valence-electron chi connectivity index (χ0n) is 13.8. The minimum Gasteiger partial charge on any atom is -0.462 e. The third-order valence-electron chi connectivity index (χ3n) is 3.99. The van der Waals surface area contributed by atoms with Gasteiger partial charge in [0.15, 0.2) is 9.84 Å². The van der Waals surface area contributed by atoms with Gasteiger partial charge in [-0.05, 0) is 37.6 Å². The minimum absolute atomic E-state index is 0.0312. The van der Waals surface area contributed by atoms with Gasteiger partial charge in [-0.3, -0.25) is 4.79 Å². The molecule has 2 rings (SSSR count). The van der Waals surface area contributed by atoms with Gasteiger partial charge >= 0.3 is 5.97 Å². The number of rotatable bonds is 6. The standard InChI is InChI=1S/C16H22N2O5S/c1-3-23-16(20)12-4-6-13(7-5-12)17-10-15(19)18(2)14-8-9-24(21,22)11-14/h4-7,14,17H,3,8-11H2,1-2H3. The van der Waals surface area contributed by atoms with Crippen molar-refractivity contribution >= 4 is 27.4 Å². The Kier molecular flexibility index (Phi) is 5.82. The van der Waals surface area contributed by atoms with Crippen LogP contribution < -0.4 is 5.32 Å². The molecule has 7 nitrogen and oxygen atoms in total. The minimum atomic E-state index is -3.02. The van der Waals surface area contributed by atoms with Gasteiger partial charge in [0.1, 0.15) is 0 Å². The first-order valence-corrected chi connectivity index (χ1v) is 9.61. The number of benzene rings is 1. The lowest BCUT2D eigenvalue weighted by Crippen LogP contribution is -2.40. The Balaban J connectivity index is 1.86. The first kappa shape index (κ1) is 18.3. The van der Waals surface area contributed by atoms with E-state index in [0.717, 1.165) is 0 Å². The van der Waals surface area contributed by atoms with Crippen LogP contribution in [0.2, 0.25) is 0 Å². The summed E-state index contributed by atoms with van der Waals surface area (Å²) in [6.45, 7) is 2.12. The summed E-state index contributed by atoms with van der Waals surface area (Å²) < 4.78 is 27.9. The van der Waals surface area contributed by atoms with E-state index in [0.29, 0.717) is 24.3 Å². The van der Waals surface area contributed by atoms with Gasteiger partial charge in [-0.15, -0.1) is 0 Å². The maximum atomic E-state index is 12.2. The Morgan fingerprint density at radius 2 is 1.96 bits per heavy atom. The van der Waals surface area contributed by atoms with E-state index in [1.54, 1.807) is 38.2 Å². The predicted octanol–water partition coefficient (Wildman–Crippen LogP) is 0.921. The second kappa shape index (κ2) is 7.65. The zero-order valence-corrected chi connectivity index (χ0v) is 14.6. The molecule has 0 aliphatic carbocycles. The van der Waals surface area contributed by atoms with Gasteiger partial charge in [0.25, 0.3) is 0 Å². The average Bonchev–Trinajstić information content (AvgIpc) is 2.92. The molecule has 0 aromatic heterocycles. The van der Waals surface area contributed by atoms with Crippen LogP contribution in [0.1, 0.15) is 23.7 Å². The number of ether oxygens (including phenoxy) is 1. The molecule has 1 N–H and O–H groups in total. The summed E-state index contributed by atoms with van der Waals surface area (Å²) >= 11 is 0. The lowest BCUT2D eigenvalue weighted by atomic mass is 10.2. The fourth-order valence-electron chi connectivity index (χ4n) is 2.53. The summed E-state index contributed by atoms with van der Waals surface area (Å²) in [5, 5.41) is 2.97. The van der Waals surface area contributed by atoms with Crippen LogP contribution in [0.3, 0.4) is 0 Å². The number of anilines is 1. The quantitative estimate of drug-likeness (QED) is 0.764. The van der Waals surface area contributed by atoms with Gasteiger partial charge in [0.2, 0.25) is 5.91 Å². The van der Waals surface area contributed by atoms with Gasteiger partial charge in [-0.1, -0.05) is 0 Å². The van der Waals surface area contributed by atoms with Crippen molar-refractivity contribution in [2.75, 3.05) is 37.0 Å². The summed E-state index contributed by atoms with van der Waals surface area (Å²) in [5.74, 6) is -0.393. The van der Waals surface area contributed by atoms with Crippen molar-refractivity contribution < 1.29 is 22.7 Å². The highest BCUT2D eigenvalue weighted by molar-refractivity contribution is 7.91. The Bertz CT molecular complexity index is 700. The fraction of sp³-hybridized carbons (Fsp3) is 0.500. The van der Waals surface area contributed by atoms with E-state index in [1.807, 2.05) is 0 Å². The van der Waals surface area contributed by atoms with Crippen molar-refractivity contribution in [1.29, 1.82) is 0 Å². The van der Waals surface area contributed by atoms with Crippen LogP contribution in [-0.4, -0.2) is 62.9 Å². The third kappa shape index (κ3) is 4.70. The van der Waals surface area contributed by atoms with Crippen LogP contribution in [0, 0.1) is 0 Å². The number of amides is 1. The number of likely N-dealkylation sites (N-methyl/N-ethyl adjacent to an activating group) is 1.